The van der Waals surface area contributed by atoms with Crippen LogP contribution in [0.15, 0.2) is 16.6 Å². The Kier molecular flexibility index (Phi) is 5.30. The summed E-state index contributed by atoms with van der Waals surface area (Å²) >= 11 is 3.08. The van der Waals surface area contributed by atoms with Gasteiger partial charge in [0.15, 0.2) is 0 Å². The molecule has 19 heavy (non-hydrogen) atoms. The Morgan fingerprint density at radius 2 is 2.05 bits per heavy atom. The summed E-state index contributed by atoms with van der Waals surface area (Å²) in [6, 6.07) is 2.65. The van der Waals surface area contributed by atoms with Crippen LogP contribution < -0.4 is 0 Å². The van der Waals surface area contributed by atoms with Gasteiger partial charge in [-0.2, -0.15) is 0 Å². The Labute approximate surface area is 120 Å². The number of likely N-dealkylation sites (tertiary alicyclic amines) is 1. The van der Waals surface area contributed by atoms with Gasteiger partial charge in [0, 0.05) is 18.2 Å². The molecule has 1 N–H and O–H groups in total. The topological polar surface area (TPSA) is 23.5 Å². The summed E-state index contributed by atoms with van der Waals surface area (Å²) in [5.74, 6) is -1.07. The van der Waals surface area contributed by atoms with Crippen molar-refractivity contribution in [3.05, 3.63) is 33.8 Å². The van der Waals surface area contributed by atoms with Crippen LogP contribution in [0, 0.1) is 11.6 Å². The second kappa shape index (κ2) is 6.77. The molecule has 5 heteroatoms. The van der Waals surface area contributed by atoms with Crippen LogP contribution >= 0.6 is 15.9 Å². The Morgan fingerprint density at radius 3 is 2.79 bits per heavy atom. The van der Waals surface area contributed by atoms with Gasteiger partial charge >= 0.3 is 0 Å². The first-order valence-electron chi connectivity index (χ1n) is 6.60. The van der Waals surface area contributed by atoms with Gasteiger partial charge in [-0.05, 0) is 47.4 Å². The van der Waals surface area contributed by atoms with Crippen molar-refractivity contribution >= 4 is 15.9 Å². The molecule has 1 aliphatic rings. The van der Waals surface area contributed by atoms with Gasteiger partial charge < -0.3 is 5.11 Å². The van der Waals surface area contributed by atoms with Gasteiger partial charge in [-0.25, -0.2) is 8.78 Å². The highest BCUT2D eigenvalue weighted by Gasteiger charge is 2.23. The number of halogens is 3. The van der Waals surface area contributed by atoms with E-state index in [9.17, 15) is 13.9 Å². The lowest BCUT2D eigenvalue weighted by molar-refractivity contribution is 0.116. The molecule has 1 heterocycles. The fraction of sp³-hybridized carbons (Fsp3) is 0.571. The van der Waals surface area contributed by atoms with Crippen LogP contribution in [0.25, 0.3) is 0 Å². The molecule has 1 aliphatic heterocycles. The van der Waals surface area contributed by atoms with Gasteiger partial charge in [0.1, 0.15) is 11.6 Å². The van der Waals surface area contributed by atoms with Gasteiger partial charge in [-0.3, -0.25) is 4.90 Å². The lowest BCUT2D eigenvalue weighted by atomic mass is 10.1. The van der Waals surface area contributed by atoms with Crippen molar-refractivity contribution in [1.29, 1.82) is 0 Å². The van der Waals surface area contributed by atoms with Crippen LogP contribution in [0.3, 0.4) is 0 Å². The molecule has 0 aromatic heterocycles. The number of rotatable bonds is 3. The standard InChI is InChI=1S/C14H18BrF2NO/c15-12-5-6-13(16)11(14(12)17)8-18-7-3-1-2-4-10(18)9-19/h5-6,10,19H,1-4,7-9H2. The average Bonchev–Trinajstić information content (AvgIpc) is 2.64. The highest BCUT2D eigenvalue weighted by atomic mass is 79.9. The number of hydrogen-bond acceptors (Lipinski definition) is 2. The molecule has 1 atom stereocenters. The van der Waals surface area contributed by atoms with Crippen molar-refractivity contribution in [1.82, 2.24) is 4.90 Å². The Hall–Kier alpha value is -0.520. The molecule has 2 rings (SSSR count). The maximum absolute atomic E-state index is 14.0. The van der Waals surface area contributed by atoms with Crippen molar-refractivity contribution in [3.8, 4) is 0 Å². The molecule has 106 valence electrons. The van der Waals surface area contributed by atoms with Crippen molar-refractivity contribution in [2.24, 2.45) is 0 Å². The number of benzene rings is 1. The van der Waals surface area contributed by atoms with Crippen LogP contribution in [0.4, 0.5) is 8.78 Å². The molecule has 1 unspecified atom stereocenters. The van der Waals surface area contributed by atoms with Crippen LogP contribution in [0.2, 0.25) is 0 Å². The van der Waals surface area contributed by atoms with E-state index >= 15 is 0 Å². The summed E-state index contributed by atoms with van der Waals surface area (Å²) < 4.78 is 28.0. The zero-order chi connectivity index (χ0) is 13.8. The Balaban J connectivity index is 2.21. The van der Waals surface area contributed by atoms with E-state index in [4.69, 9.17) is 0 Å². The van der Waals surface area contributed by atoms with Gasteiger partial charge in [0.05, 0.1) is 11.1 Å². The number of nitrogens with zero attached hydrogens (tertiary/aromatic N) is 1. The lowest BCUT2D eigenvalue weighted by Gasteiger charge is -2.28. The quantitative estimate of drug-likeness (QED) is 0.856. The largest absolute Gasteiger partial charge is 0.395 e. The smallest absolute Gasteiger partial charge is 0.144 e. The molecular weight excluding hydrogens is 316 g/mol. The summed E-state index contributed by atoms with van der Waals surface area (Å²) in [4.78, 5) is 1.99. The second-order valence-electron chi connectivity index (χ2n) is 4.98. The van der Waals surface area contributed by atoms with Gasteiger partial charge in [-0.15, -0.1) is 0 Å². The SMILES string of the molecule is OCC1CCCCCN1Cc1c(F)ccc(Br)c1F. The molecule has 1 aromatic rings. The Bertz CT molecular complexity index is 442. The second-order valence-corrected chi connectivity index (χ2v) is 5.83. The van der Waals surface area contributed by atoms with Crippen LogP contribution in [0.5, 0.6) is 0 Å². The van der Waals surface area contributed by atoms with Crippen molar-refractivity contribution in [2.45, 2.75) is 38.3 Å². The normalized spacial score (nSPS) is 21.4. The van der Waals surface area contributed by atoms with E-state index in [1.165, 1.54) is 12.1 Å². The zero-order valence-electron chi connectivity index (χ0n) is 10.7. The molecule has 0 amide bonds. The summed E-state index contributed by atoms with van der Waals surface area (Å²) in [5.41, 5.74) is 0.0784. The summed E-state index contributed by atoms with van der Waals surface area (Å²) in [7, 11) is 0. The van der Waals surface area contributed by atoms with Crippen LogP contribution in [-0.2, 0) is 6.54 Å². The van der Waals surface area contributed by atoms with E-state index in [1.807, 2.05) is 4.90 Å². The molecular formula is C14H18BrF2NO. The van der Waals surface area contributed by atoms with Crippen molar-refractivity contribution in [2.75, 3.05) is 13.2 Å². The molecule has 2 nitrogen and oxygen atoms in total. The monoisotopic (exact) mass is 333 g/mol. The van der Waals surface area contributed by atoms with E-state index in [0.717, 1.165) is 32.2 Å². The average molecular weight is 334 g/mol. The maximum atomic E-state index is 14.0. The highest BCUT2D eigenvalue weighted by Crippen LogP contribution is 2.25. The van der Waals surface area contributed by atoms with E-state index in [0.29, 0.717) is 0 Å². The van der Waals surface area contributed by atoms with Crippen molar-refractivity contribution < 1.29 is 13.9 Å². The molecule has 0 radical (unpaired) electrons. The number of aliphatic hydroxyl groups is 1. The molecule has 0 bridgehead atoms. The Morgan fingerprint density at radius 1 is 1.26 bits per heavy atom. The molecule has 1 aromatic carbocycles. The maximum Gasteiger partial charge on any atom is 0.144 e. The third-order valence-corrected chi connectivity index (χ3v) is 4.32. The fourth-order valence-corrected chi connectivity index (χ4v) is 2.94. The molecule has 0 spiro atoms. The minimum atomic E-state index is -0.541. The van der Waals surface area contributed by atoms with Crippen LogP contribution in [0.1, 0.15) is 31.2 Å². The first kappa shape index (κ1) is 14.9. The summed E-state index contributed by atoms with van der Waals surface area (Å²) in [6.45, 7) is 1.02. The number of hydrogen-bond donors (Lipinski definition) is 1. The van der Waals surface area contributed by atoms with Gasteiger partial charge in [0.2, 0.25) is 0 Å². The summed E-state index contributed by atoms with van der Waals surface area (Å²) in [5, 5.41) is 9.42. The first-order chi connectivity index (χ1) is 9.13. The van der Waals surface area contributed by atoms with E-state index in [2.05, 4.69) is 15.9 Å². The summed E-state index contributed by atoms with van der Waals surface area (Å²) in [6.07, 6.45) is 4.06. The minimum absolute atomic E-state index is 0.000261. The third kappa shape index (κ3) is 3.52. The predicted octanol–water partition coefficient (Wildman–Crippen LogP) is 3.46. The predicted molar refractivity (Wildman–Crippen MR) is 73.8 cm³/mol. The molecule has 0 saturated carbocycles. The third-order valence-electron chi connectivity index (χ3n) is 3.71. The lowest BCUT2D eigenvalue weighted by Crippen LogP contribution is -2.37. The van der Waals surface area contributed by atoms with Crippen LogP contribution in [-0.4, -0.2) is 29.2 Å². The minimum Gasteiger partial charge on any atom is -0.395 e. The zero-order valence-corrected chi connectivity index (χ0v) is 12.3. The fourth-order valence-electron chi connectivity index (χ4n) is 2.57. The highest BCUT2D eigenvalue weighted by molar-refractivity contribution is 9.10. The molecule has 1 fully saturated rings. The number of aliphatic hydroxyl groups excluding tert-OH is 1. The van der Waals surface area contributed by atoms with Gasteiger partial charge in [-0.1, -0.05) is 12.8 Å². The molecule has 1 saturated heterocycles. The molecule has 0 aliphatic carbocycles. The van der Waals surface area contributed by atoms with E-state index in [-0.39, 0.29) is 29.2 Å². The van der Waals surface area contributed by atoms with E-state index in [1.54, 1.807) is 0 Å². The van der Waals surface area contributed by atoms with E-state index < -0.39 is 11.6 Å². The first-order valence-corrected chi connectivity index (χ1v) is 7.40. The van der Waals surface area contributed by atoms with Gasteiger partial charge in [0.25, 0.3) is 0 Å². The van der Waals surface area contributed by atoms with Crippen molar-refractivity contribution in [3.63, 3.8) is 0 Å².